The van der Waals surface area contributed by atoms with E-state index in [4.69, 9.17) is 10.5 Å². The summed E-state index contributed by atoms with van der Waals surface area (Å²) in [7, 11) is 2.72. The molecule has 0 spiro atoms. The van der Waals surface area contributed by atoms with E-state index in [0.29, 0.717) is 0 Å². The average molecular weight is 198 g/mol. The third-order valence-electron chi connectivity index (χ3n) is 1.41. The molecule has 0 amide bonds. The first-order valence-electron chi connectivity index (χ1n) is 3.75. The lowest BCUT2D eigenvalue weighted by Gasteiger charge is -2.02. The summed E-state index contributed by atoms with van der Waals surface area (Å²) in [5, 5.41) is 7.18. The van der Waals surface area contributed by atoms with E-state index in [1.54, 1.807) is 0 Å². The molecule has 1 aromatic rings. The van der Waals surface area contributed by atoms with Crippen molar-refractivity contribution in [1.29, 1.82) is 0 Å². The Morgan fingerprint density at radius 1 is 1.43 bits per heavy atom. The quantitative estimate of drug-likeness (QED) is 0.646. The molecule has 0 aliphatic heterocycles. The van der Waals surface area contributed by atoms with Gasteiger partial charge in [-0.25, -0.2) is 9.78 Å². The Morgan fingerprint density at radius 3 is 2.71 bits per heavy atom. The summed E-state index contributed by atoms with van der Waals surface area (Å²) in [6, 6.07) is 0. The number of methoxy groups -OCH3 is 2. The number of ether oxygens (including phenoxy) is 2. The van der Waals surface area contributed by atoms with Gasteiger partial charge in [-0.05, 0) is 0 Å². The van der Waals surface area contributed by atoms with Gasteiger partial charge in [0.2, 0.25) is 0 Å². The van der Waals surface area contributed by atoms with Crippen LogP contribution in [0.5, 0.6) is 0 Å². The summed E-state index contributed by atoms with van der Waals surface area (Å²) in [4.78, 5) is 15.0. The van der Waals surface area contributed by atoms with E-state index >= 15 is 0 Å². The fourth-order valence-corrected chi connectivity index (χ4v) is 0.805. The van der Waals surface area contributed by atoms with E-state index in [9.17, 15) is 4.79 Å². The van der Waals surface area contributed by atoms with Crippen molar-refractivity contribution in [3.63, 3.8) is 0 Å². The lowest BCUT2D eigenvalue weighted by molar-refractivity contribution is 0.0593. The van der Waals surface area contributed by atoms with Gasteiger partial charge in [-0.15, -0.1) is 10.2 Å². The van der Waals surface area contributed by atoms with Crippen LogP contribution in [0.2, 0.25) is 0 Å². The number of rotatable bonds is 3. The molecule has 14 heavy (non-hydrogen) atoms. The van der Waals surface area contributed by atoms with Crippen molar-refractivity contribution in [3.05, 3.63) is 11.5 Å². The Labute approximate surface area is 80.2 Å². The molecule has 0 fully saturated rings. The molecule has 2 N–H and O–H groups in total. The third-order valence-corrected chi connectivity index (χ3v) is 1.41. The summed E-state index contributed by atoms with van der Waals surface area (Å²) in [5.41, 5.74) is 5.34. The Hall–Kier alpha value is -1.76. The SMILES string of the molecule is COCc1nnc(N)c(C(=O)OC)n1. The second-order valence-electron chi connectivity index (χ2n) is 2.39. The smallest absolute Gasteiger partial charge is 0.360 e. The highest BCUT2D eigenvalue weighted by Crippen LogP contribution is 2.05. The number of hydrogen-bond acceptors (Lipinski definition) is 7. The lowest BCUT2D eigenvalue weighted by Crippen LogP contribution is -2.14. The summed E-state index contributed by atoms with van der Waals surface area (Å²) >= 11 is 0. The summed E-state index contributed by atoms with van der Waals surface area (Å²) in [6.45, 7) is 0.164. The number of nitrogens with two attached hydrogens (primary N) is 1. The predicted molar refractivity (Wildman–Crippen MR) is 46.3 cm³/mol. The van der Waals surface area contributed by atoms with E-state index in [-0.39, 0.29) is 23.9 Å². The van der Waals surface area contributed by atoms with Crippen LogP contribution in [-0.4, -0.2) is 35.4 Å². The first kappa shape index (κ1) is 10.3. The lowest BCUT2D eigenvalue weighted by atomic mass is 10.4. The third kappa shape index (κ3) is 2.13. The number of nitrogens with zero attached hydrogens (tertiary/aromatic N) is 3. The molecule has 0 saturated carbocycles. The summed E-state index contributed by atoms with van der Waals surface area (Å²) in [6.07, 6.45) is 0. The molecule has 0 radical (unpaired) electrons. The Balaban J connectivity index is 3.01. The summed E-state index contributed by atoms with van der Waals surface area (Å²) in [5.74, 6) is -0.423. The highest BCUT2D eigenvalue weighted by Gasteiger charge is 2.14. The standard InChI is InChI=1S/C7H10N4O3/c1-13-3-4-9-5(7(12)14-2)6(8)11-10-4/h3H2,1-2H3,(H2,8,11). The number of carbonyl (C=O) groups is 1. The zero-order chi connectivity index (χ0) is 10.6. The van der Waals surface area contributed by atoms with Gasteiger partial charge in [-0.2, -0.15) is 0 Å². The molecular weight excluding hydrogens is 188 g/mol. The van der Waals surface area contributed by atoms with Crippen LogP contribution in [0.25, 0.3) is 0 Å². The van der Waals surface area contributed by atoms with Gasteiger partial charge < -0.3 is 15.2 Å². The molecule has 0 unspecified atom stereocenters. The Kier molecular flexibility index (Phi) is 3.29. The molecule has 0 aliphatic carbocycles. The van der Waals surface area contributed by atoms with Crippen molar-refractivity contribution < 1.29 is 14.3 Å². The number of esters is 1. The number of aromatic nitrogens is 3. The van der Waals surface area contributed by atoms with E-state index in [1.807, 2.05) is 0 Å². The van der Waals surface area contributed by atoms with Crippen LogP contribution in [0.4, 0.5) is 5.82 Å². The van der Waals surface area contributed by atoms with Crippen LogP contribution in [0.1, 0.15) is 16.3 Å². The highest BCUT2D eigenvalue weighted by atomic mass is 16.5. The van der Waals surface area contributed by atoms with Crippen molar-refractivity contribution in [2.45, 2.75) is 6.61 Å². The maximum Gasteiger partial charge on any atom is 0.360 e. The molecule has 76 valence electrons. The van der Waals surface area contributed by atoms with E-state index < -0.39 is 5.97 Å². The minimum absolute atomic E-state index is 0.0467. The average Bonchev–Trinajstić information content (AvgIpc) is 2.20. The first-order valence-corrected chi connectivity index (χ1v) is 3.75. The van der Waals surface area contributed by atoms with Crippen molar-refractivity contribution in [3.8, 4) is 0 Å². The van der Waals surface area contributed by atoms with Crippen LogP contribution in [0.3, 0.4) is 0 Å². The second kappa shape index (κ2) is 4.47. The summed E-state index contributed by atoms with van der Waals surface area (Å²) < 4.78 is 9.24. The number of hydrogen-bond donors (Lipinski definition) is 1. The molecule has 1 heterocycles. The monoisotopic (exact) mass is 198 g/mol. The van der Waals surface area contributed by atoms with Gasteiger partial charge in [0.15, 0.2) is 17.3 Å². The molecule has 0 aromatic carbocycles. The molecule has 1 aromatic heterocycles. The van der Waals surface area contributed by atoms with Gasteiger partial charge in [0.1, 0.15) is 6.61 Å². The van der Waals surface area contributed by atoms with E-state index in [1.165, 1.54) is 14.2 Å². The van der Waals surface area contributed by atoms with E-state index in [2.05, 4.69) is 19.9 Å². The van der Waals surface area contributed by atoms with Gasteiger partial charge in [0.05, 0.1) is 7.11 Å². The first-order chi connectivity index (χ1) is 6.69. The molecule has 1 rings (SSSR count). The number of nitrogen functional groups attached to an aromatic ring is 1. The molecule has 7 heteroatoms. The maximum absolute atomic E-state index is 11.1. The zero-order valence-corrected chi connectivity index (χ0v) is 7.85. The van der Waals surface area contributed by atoms with Crippen molar-refractivity contribution in [1.82, 2.24) is 15.2 Å². The molecule has 0 saturated heterocycles. The van der Waals surface area contributed by atoms with Gasteiger partial charge in [0.25, 0.3) is 0 Å². The molecule has 0 atom stereocenters. The fraction of sp³-hybridized carbons (Fsp3) is 0.429. The van der Waals surface area contributed by atoms with Gasteiger partial charge in [-0.3, -0.25) is 0 Å². The second-order valence-corrected chi connectivity index (χ2v) is 2.39. The Morgan fingerprint density at radius 2 is 2.14 bits per heavy atom. The van der Waals surface area contributed by atoms with Crippen molar-refractivity contribution >= 4 is 11.8 Å². The molecule has 7 nitrogen and oxygen atoms in total. The van der Waals surface area contributed by atoms with Crippen LogP contribution < -0.4 is 5.73 Å². The van der Waals surface area contributed by atoms with Gasteiger partial charge in [0, 0.05) is 7.11 Å². The van der Waals surface area contributed by atoms with Crippen LogP contribution in [-0.2, 0) is 16.1 Å². The Bertz CT molecular complexity index is 342. The minimum atomic E-state index is -0.644. The minimum Gasteiger partial charge on any atom is -0.464 e. The number of anilines is 1. The zero-order valence-electron chi connectivity index (χ0n) is 7.85. The van der Waals surface area contributed by atoms with Gasteiger partial charge >= 0.3 is 5.97 Å². The normalized spacial score (nSPS) is 9.86. The van der Waals surface area contributed by atoms with Crippen molar-refractivity contribution in [2.75, 3.05) is 20.0 Å². The highest BCUT2D eigenvalue weighted by molar-refractivity contribution is 5.91. The predicted octanol–water partition coefficient (Wildman–Crippen LogP) is -0.613. The number of carbonyl (C=O) groups excluding carboxylic acids is 1. The molecule has 0 aliphatic rings. The van der Waals surface area contributed by atoms with E-state index in [0.717, 1.165) is 0 Å². The largest absolute Gasteiger partial charge is 0.464 e. The van der Waals surface area contributed by atoms with Crippen molar-refractivity contribution in [2.24, 2.45) is 0 Å². The molecule has 0 bridgehead atoms. The van der Waals surface area contributed by atoms with Gasteiger partial charge in [-0.1, -0.05) is 0 Å². The van der Waals surface area contributed by atoms with Crippen LogP contribution in [0, 0.1) is 0 Å². The maximum atomic E-state index is 11.1. The van der Waals surface area contributed by atoms with Crippen LogP contribution in [0.15, 0.2) is 0 Å². The fourth-order valence-electron chi connectivity index (χ4n) is 0.805. The topological polar surface area (TPSA) is 100 Å². The molecular formula is C7H10N4O3. The van der Waals surface area contributed by atoms with Crippen LogP contribution >= 0.6 is 0 Å².